The SMILES string of the molecule is CCNC1=C(C)C(=O)c2ccccc2C1=O. The average Bonchev–Trinajstić information content (AvgIpc) is 2.32. The highest BCUT2D eigenvalue weighted by molar-refractivity contribution is 6.26. The van der Waals surface area contributed by atoms with E-state index in [2.05, 4.69) is 5.32 Å². The van der Waals surface area contributed by atoms with Crippen molar-refractivity contribution in [1.82, 2.24) is 5.32 Å². The molecular weight excluding hydrogens is 202 g/mol. The predicted octanol–water partition coefficient (Wildman–Crippen LogP) is 1.95. The quantitative estimate of drug-likeness (QED) is 0.820. The maximum atomic E-state index is 12.1. The fourth-order valence-electron chi connectivity index (χ4n) is 1.89. The lowest BCUT2D eigenvalue weighted by Gasteiger charge is -2.19. The van der Waals surface area contributed by atoms with Crippen LogP contribution in [0.15, 0.2) is 35.5 Å². The van der Waals surface area contributed by atoms with Crippen molar-refractivity contribution >= 4 is 11.6 Å². The van der Waals surface area contributed by atoms with Crippen LogP contribution in [-0.2, 0) is 0 Å². The third kappa shape index (κ3) is 1.45. The summed E-state index contributed by atoms with van der Waals surface area (Å²) in [7, 11) is 0. The number of carbonyl (C=O) groups excluding carboxylic acids is 2. The second-order valence-electron chi connectivity index (χ2n) is 3.73. The molecule has 82 valence electrons. The molecule has 0 aliphatic heterocycles. The number of hydrogen-bond donors (Lipinski definition) is 1. The molecule has 0 spiro atoms. The highest BCUT2D eigenvalue weighted by Crippen LogP contribution is 2.24. The van der Waals surface area contributed by atoms with Gasteiger partial charge in [-0.1, -0.05) is 24.3 Å². The fraction of sp³-hybridized carbons (Fsp3) is 0.231. The van der Waals surface area contributed by atoms with Gasteiger partial charge in [-0.05, 0) is 13.8 Å². The lowest BCUT2D eigenvalue weighted by atomic mass is 9.88. The zero-order valence-electron chi connectivity index (χ0n) is 9.33. The third-order valence-electron chi connectivity index (χ3n) is 2.71. The molecule has 1 aliphatic carbocycles. The first-order chi connectivity index (χ1) is 7.66. The summed E-state index contributed by atoms with van der Waals surface area (Å²) in [6.07, 6.45) is 0. The molecule has 0 atom stereocenters. The zero-order chi connectivity index (χ0) is 11.7. The minimum Gasteiger partial charge on any atom is -0.382 e. The summed E-state index contributed by atoms with van der Waals surface area (Å²) in [6, 6.07) is 6.94. The number of nitrogens with one attached hydrogen (secondary N) is 1. The Bertz CT molecular complexity index is 500. The number of ketones is 2. The molecule has 0 saturated heterocycles. The molecule has 0 bridgehead atoms. The van der Waals surface area contributed by atoms with E-state index in [4.69, 9.17) is 0 Å². The van der Waals surface area contributed by atoms with Gasteiger partial charge in [0.15, 0.2) is 5.78 Å². The van der Waals surface area contributed by atoms with Crippen molar-refractivity contribution in [2.75, 3.05) is 6.54 Å². The van der Waals surface area contributed by atoms with Crippen LogP contribution in [-0.4, -0.2) is 18.1 Å². The zero-order valence-corrected chi connectivity index (χ0v) is 9.33. The van der Waals surface area contributed by atoms with E-state index in [-0.39, 0.29) is 11.6 Å². The van der Waals surface area contributed by atoms with Crippen LogP contribution in [0.2, 0.25) is 0 Å². The van der Waals surface area contributed by atoms with Gasteiger partial charge in [-0.15, -0.1) is 0 Å². The predicted molar refractivity (Wildman–Crippen MR) is 61.5 cm³/mol. The number of benzene rings is 1. The number of allylic oxidation sites excluding steroid dienone is 2. The van der Waals surface area contributed by atoms with Crippen molar-refractivity contribution in [2.24, 2.45) is 0 Å². The Hall–Kier alpha value is -1.90. The van der Waals surface area contributed by atoms with Gasteiger partial charge < -0.3 is 5.32 Å². The van der Waals surface area contributed by atoms with Crippen molar-refractivity contribution < 1.29 is 9.59 Å². The van der Waals surface area contributed by atoms with E-state index in [0.29, 0.717) is 28.9 Å². The van der Waals surface area contributed by atoms with E-state index >= 15 is 0 Å². The van der Waals surface area contributed by atoms with Gasteiger partial charge in [0, 0.05) is 23.2 Å². The summed E-state index contributed by atoms with van der Waals surface area (Å²) < 4.78 is 0. The van der Waals surface area contributed by atoms with Gasteiger partial charge in [0.05, 0.1) is 5.70 Å². The molecule has 1 N–H and O–H groups in total. The van der Waals surface area contributed by atoms with E-state index in [9.17, 15) is 9.59 Å². The number of hydrogen-bond acceptors (Lipinski definition) is 3. The van der Waals surface area contributed by atoms with Crippen LogP contribution in [0.3, 0.4) is 0 Å². The van der Waals surface area contributed by atoms with Crippen LogP contribution in [0.1, 0.15) is 34.6 Å². The molecule has 0 unspecified atom stereocenters. The fourth-order valence-corrected chi connectivity index (χ4v) is 1.89. The Morgan fingerprint density at radius 2 is 1.62 bits per heavy atom. The number of likely N-dealkylation sites (N-methyl/N-ethyl adjacent to an activating group) is 1. The van der Waals surface area contributed by atoms with Gasteiger partial charge in [-0.25, -0.2) is 0 Å². The third-order valence-corrected chi connectivity index (χ3v) is 2.71. The minimum absolute atomic E-state index is 0.0637. The van der Waals surface area contributed by atoms with Crippen LogP contribution >= 0.6 is 0 Å². The highest BCUT2D eigenvalue weighted by Gasteiger charge is 2.28. The van der Waals surface area contributed by atoms with Crippen molar-refractivity contribution in [3.05, 3.63) is 46.7 Å². The number of fused-ring (bicyclic) bond motifs is 1. The Kier molecular flexibility index (Phi) is 2.60. The summed E-state index contributed by atoms with van der Waals surface area (Å²) >= 11 is 0. The van der Waals surface area contributed by atoms with Gasteiger partial charge in [0.25, 0.3) is 0 Å². The molecule has 1 aliphatic rings. The highest BCUT2D eigenvalue weighted by atomic mass is 16.1. The largest absolute Gasteiger partial charge is 0.382 e. The van der Waals surface area contributed by atoms with E-state index < -0.39 is 0 Å². The summed E-state index contributed by atoms with van der Waals surface area (Å²) in [5.41, 5.74) is 1.94. The standard InChI is InChI=1S/C13H13NO2/c1-3-14-11-8(2)12(15)9-6-4-5-7-10(9)13(11)16/h4-7,14H,3H2,1-2H3. The number of carbonyl (C=O) groups is 2. The Morgan fingerprint density at radius 1 is 1.06 bits per heavy atom. The maximum Gasteiger partial charge on any atom is 0.209 e. The average molecular weight is 215 g/mol. The number of rotatable bonds is 2. The second-order valence-corrected chi connectivity index (χ2v) is 3.73. The van der Waals surface area contributed by atoms with Crippen molar-refractivity contribution in [3.8, 4) is 0 Å². The lowest BCUT2D eigenvalue weighted by molar-refractivity contribution is 0.0969. The van der Waals surface area contributed by atoms with Gasteiger partial charge in [0.2, 0.25) is 5.78 Å². The van der Waals surface area contributed by atoms with Crippen molar-refractivity contribution in [1.29, 1.82) is 0 Å². The molecule has 3 nitrogen and oxygen atoms in total. The monoisotopic (exact) mass is 215 g/mol. The Labute approximate surface area is 94.2 Å². The molecule has 0 heterocycles. The Morgan fingerprint density at radius 3 is 2.19 bits per heavy atom. The summed E-state index contributed by atoms with van der Waals surface area (Å²) in [5, 5.41) is 2.96. The molecule has 16 heavy (non-hydrogen) atoms. The topological polar surface area (TPSA) is 46.2 Å². The molecule has 1 aromatic rings. The van der Waals surface area contributed by atoms with Crippen LogP contribution in [0.25, 0.3) is 0 Å². The van der Waals surface area contributed by atoms with Gasteiger partial charge in [-0.3, -0.25) is 9.59 Å². The van der Waals surface area contributed by atoms with Crippen LogP contribution in [0, 0.1) is 0 Å². The molecule has 0 aromatic heterocycles. The smallest absolute Gasteiger partial charge is 0.209 e. The first kappa shape index (κ1) is 10.6. The summed E-state index contributed by atoms with van der Waals surface area (Å²) in [6.45, 7) is 4.22. The van der Waals surface area contributed by atoms with E-state index in [1.54, 1.807) is 31.2 Å². The molecule has 0 saturated carbocycles. The Balaban J connectivity index is 2.58. The van der Waals surface area contributed by atoms with Crippen LogP contribution in [0.4, 0.5) is 0 Å². The van der Waals surface area contributed by atoms with Crippen molar-refractivity contribution in [3.63, 3.8) is 0 Å². The second kappa shape index (κ2) is 3.93. The minimum atomic E-state index is -0.0884. The molecule has 1 aromatic carbocycles. The molecule has 0 radical (unpaired) electrons. The van der Waals surface area contributed by atoms with Gasteiger partial charge in [-0.2, -0.15) is 0 Å². The molecular formula is C13H13NO2. The van der Waals surface area contributed by atoms with Gasteiger partial charge >= 0.3 is 0 Å². The normalized spacial score (nSPS) is 15.1. The van der Waals surface area contributed by atoms with E-state index in [0.717, 1.165) is 0 Å². The van der Waals surface area contributed by atoms with E-state index in [1.165, 1.54) is 0 Å². The summed E-state index contributed by atoms with van der Waals surface area (Å²) in [4.78, 5) is 24.1. The number of Topliss-reactive ketones (excluding diaryl/α,β-unsaturated/α-hetero) is 2. The molecule has 0 amide bonds. The molecule has 3 heteroatoms. The molecule has 2 rings (SSSR count). The van der Waals surface area contributed by atoms with Gasteiger partial charge in [0.1, 0.15) is 0 Å². The van der Waals surface area contributed by atoms with E-state index in [1.807, 2.05) is 6.92 Å². The van der Waals surface area contributed by atoms with Crippen molar-refractivity contribution in [2.45, 2.75) is 13.8 Å². The summed E-state index contributed by atoms with van der Waals surface area (Å²) in [5.74, 6) is -0.152. The first-order valence-electron chi connectivity index (χ1n) is 5.30. The van der Waals surface area contributed by atoms with Crippen LogP contribution in [0.5, 0.6) is 0 Å². The van der Waals surface area contributed by atoms with Crippen LogP contribution < -0.4 is 5.32 Å². The maximum absolute atomic E-state index is 12.1. The lowest BCUT2D eigenvalue weighted by Crippen LogP contribution is -2.29. The first-order valence-corrected chi connectivity index (χ1v) is 5.30. The molecule has 0 fully saturated rings.